The summed E-state index contributed by atoms with van der Waals surface area (Å²) in [5.41, 5.74) is 0.671. The number of carbonyl (C=O) groups is 3. The minimum absolute atomic E-state index is 0.0221. The molecule has 2 aromatic carbocycles. The van der Waals surface area contributed by atoms with Crippen LogP contribution in [0.25, 0.3) is 0 Å². The topological polar surface area (TPSA) is 152 Å². The number of ether oxygens (including phenoxy) is 1. The number of anilines is 1. The largest absolute Gasteiger partial charge is 0.508 e. The van der Waals surface area contributed by atoms with E-state index >= 15 is 0 Å². The molecule has 3 aliphatic heterocycles. The SMILES string of the molecule is O=C(Cn1c2c(sc1=O)[C@@H](c1ccc(O)cc1)C1C(=O)N(c3ccc([N+](=O)[O-])cc3)C(=O)C1S2)N1CCOCC1. The second kappa shape index (κ2) is 10.2. The number of benzene rings is 2. The number of nitrogens with zero attached hydrogens (tertiary/aromatic N) is 4. The van der Waals surface area contributed by atoms with Crippen molar-refractivity contribution in [2.24, 2.45) is 5.92 Å². The van der Waals surface area contributed by atoms with E-state index in [9.17, 15) is 34.4 Å². The first kappa shape index (κ1) is 26.2. The molecule has 0 saturated carbocycles. The molecule has 3 aliphatic rings. The van der Waals surface area contributed by atoms with E-state index in [0.29, 0.717) is 41.8 Å². The Labute approximate surface area is 234 Å². The van der Waals surface area contributed by atoms with Crippen LogP contribution < -0.4 is 9.77 Å². The Hall–Kier alpha value is -4.01. The van der Waals surface area contributed by atoms with Crippen molar-refractivity contribution in [3.8, 4) is 5.75 Å². The van der Waals surface area contributed by atoms with E-state index in [1.54, 1.807) is 17.0 Å². The van der Waals surface area contributed by atoms with Gasteiger partial charge < -0.3 is 14.7 Å². The maximum atomic E-state index is 13.9. The number of phenols is 1. The summed E-state index contributed by atoms with van der Waals surface area (Å²) in [6.07, 6.45) is 0. The van der Waals surface area contributed by atoms with E-state index in [-0.39, 0.29) is 34.4 Å². The minimum atomic E-state index is -0.896. The van der Waals surface area contributed by atoms with E-state index in [2.05, 4.69) is 0 Å². The molecule has 0 aliphatic carbocycles. The number of non-ortho nitro benzene ring substituents is 1. The Morgan fingerprint density at radius 2 is 1.70 bits per heavy atom. The van der Waals surface area contributed by atoms with E-state index in [4.69, 9.17) is 4.74 Å². The van der Waals surface area contributed by atoms with Crippen LogP contribution in [0.1, 0.15) is 16.4 Å². The number of nitro benzene ring substituents is 1. The molecule has 3 atom stereocenters. The quantitative estimate of drug-likeness (QED) is 0.271. The van der Waals surface area contributed by atoms with Crippen molar-refractivity contribution in [2.45, 2.75) is 22.7 Å². The Bertz CT molecular complexity index is 1580. The van der Waals surface area contributed by atoms with Gasteiger partial charge in [-0.1, -0.05) is 35.2 Å². The number of nitro groups is 1. The first-order valence-electron chi connectivity index (χ1n) is 12.4. The number of thiazole rings is 1. The molecule has 0 radical (unpaired) electrons. The van der Waals surface area contributed by atoms with Crippen LogP contribution in [0.2, 0.25) is 0 Å². The van der Waals surface area contributed by atoms with Gasteiger partial charge in [-0.3, -0.25) is 33.9 Å². The molecular weight excluding hydrogens is 560 g/mol. The Balaban J connectivity index is 1.41. The van der Waals surface area contributed by atoms with Gasteiger partial charge in [0.15, 0.2) is 0 Å². The van der Waals surface area contributed by atoms with E-state index in [0.717, 1.165) is 28.0 Å². The number of thioether (sulfide) groups is 1. The van der Waals surface area contributed by atoms with Crippen molar-refractivity contribution in [1.29, 1.82) is 0 Å². The first-order chi connectivity index (χ1) is 19.2. The average Bonchev–Trinajstić information content (AvgIpc) is 3.40. The lowest BCUT2D eigenvalue weighted by Crippen LogP contribution is -2.43. The van der Waals surface area contributed by atoms with Gasteiger partial charge in [-0.05, 0) is 29.8 Å². The number of fused-ring (bicyclic) bond motifs is 2. The number of phenolic OH excluding ortho intramolecular Hbond substituents is 1. The van der Waals surface area contributed by atoms with Crippen LogP contribution in [0.5, 0.6) is 5.75 Å². The average molecular weight is 583 g/mol. The minimum Gasteiger partial charge on any atom is -0.508 e. The van der Waals surface area contributed by atoms with Crippen LogP contribution in [0.4, 0.5) is 11.4 Å². The Kier molecular flexibility index (Phi) is 6.68. The van der Waals surface area contributed by atoms with Crippen molar-refractivity contribution >= 4 is 52.2 Å². The normalized spacial score (nSPS) is 22.2. The van der Waals surface area contributed by atoms with Crippen molar-refractivity contribution in [1.82, 2.24) is 9.47 Å². The van der Waals surface area contributed by atoms with Crippen LogP contribution in [-0.4, -0.2) is 68.8 Å². The van der Waals surface area contributed by atoms with Gasteiger partial charge in [0.05, 0.1) is 34.8 Å². The maximum absolute atomic E-state index is 13.9. The monoisotopic (exact) mass is 582 g/mol. The van der Waals surface area contributed by atoms with Crippen LogP contribution in [-0.2, 0) is 25.7 Å². The fraction of sp³-hybridized carbons (Fsp3) is 0.308. The molecule has 2 fully saturated rings. The second-order valence-corrected chi connectivity index (χ2v) is 11.7. The summed E-state index contributed by atoms with van der Waals surface area (Å²) in [4.78, 5) is 67.3. The lowest BCUT2D eigenvalue weighted by molar-refractivity contribution is -0.384. The van der Waals surface area contributed by atoms with Crippen molar-refractivity contribution in [3.05, 3.63) is 78.8 Å². The molecule has 0 bridgehead atoms. The van der Waals surface area contributed by atoms with Crippen molar-refractivity contribution < 1.29 is 29.2 Å². The Morgan fingerprint density at radius 1 is 1.02 bits per heavy atom. The van der Waals surface area contributed by atoms with E-state index < -0.39 is 33.8 Å². The smallest absolute Gasteiger partial charge is 0.308 e. The number of morpholine rings is 1. The van der Waals surface area contributed by atoms with Crippen molar-refractivity contribution in [2.75, 3.05) is 31.2 Å². The van der Waals surface area contributed by atoms with E-state index in [1.807, 2.05) is 0 Å². The van der Waals surface area contributed by atoms with Crippen LogP contribution in [0.15, 0.2) is 58.4 Å². The zero-order valence-electron chi connectivity index (χ0n) is 20.8. The molecule has 6 rings (SSSR count). The van der Waals surface area contributed by atoms with Crippen LogP contribution in [0.3, 0.4) is 0 Å². The molecule has 14 heteroatoms. The number of imide groups is 1. The lowest BCUT2D eigenvalue weighted by atomic mass is 9.83. The molecule has 4 heterocycles. The van der Waals surface area contributed by atoms with E-state index in [1.165, 1.54) is 41.0 Å². The predicted molar refractivity (Wildman–Crippen MR) is 145 cm³/mol. The number of hydrogen-bond donors (Lipinski definition) is 1. The molecule has 2 unspecified atom stereocenters. The fourth-order valence-corrected chi connectivity index (χ4v) is 8.10. The lowest BCUT2D eigenvalue weighted by Gasteiger charge is -2.31. The molecule has 3 amide bonds. The fourth-order valence-electron chi connectivity index (χ4n) is 5.32. The standard InChI is InChI=1S/C26H22N4O8S2/c31-17-7-1-14(2-8-17)19-20-21(24(34)29(23(20)33)15-3-5-16(6-4-15)30(36)37)39-25-22(19)40-26(35)28(25)13-18(32)27-9-11-38-12-10-27/h1-8,19-21,31H,9-13H2/t19-,20?,21?/m0/s1. The summed E-state index contributed by atoms with van der Waals surface area (Å²) in [5.74, 6) is -2.76. The molecule has 2 saturated heterocycles. The van der Waals surface area contributed by atoms with Crippen LogP contribution >= 0.6 is 23.1 Å². The summed E-state index contributed by atoms with van der Waals surface area (Å²) < 4.78 is 6.69. The second-order valence-electron chi connectivity index (χ2n) is 9.54. The van der Waals surface area contributed by atoms with Gasteiger partial charge in [-0.25, -0.2) is 4.90 Å². The number of carbonyl (C=O) groups excluding carboxylic acids is 3. The highest BCUT2D eigenvalue weighted by Gasteiger charge is 2.56. The van der Waals surface area contributed by atoms with Gasteiger partial charge in [-0.2, -0.15) is 0 Å². The van der Waals surface area contributed by atoms with Gasteiger partial charge in [0, 0.05) is 36.0 Å². The van der Waals surface area contributed by atoms with Gasteiger partial charge in [0.2, 0.25) is 17.7 Å². The summed E-state index contributed by atoms with van der Waals surface area (Å²) in [6.45, 7) is 1.47. The molecule has 40 heavy (non-hydrogen) atoms. The number of aromatic nitrogens is 1. The third-order valence-corrected chi connectivity index (χ3v) is 9.88. The molecule has 3 aromatic rings. The van der Waals surface area contributed by atoms with Gasteiger partial charge in [-0.15, -0.1) is 0 Å². The molecule has 1 N–H and O–H groups in total. The highest BCUT2D eigenvalue weighted by atomic mass is 32.2. The van der Waals surface area contributed by atoms with Crippen LogP contribution in [0, 0.1) is 16.0 Å². The molecule has 206 valence electrons. The molecule has 1 aromatic heterocycles. The number of rotatable bonds is 5. The Morgan fingerprint density at radius 3 is 2.35 bits per heavy atom. The van der Waals surface area contributed by atoms with Gasteiger partial charge in [0.1, 0.15) is 17.5 Å². The third kappa shape index (κ3) is 4.37. The zero-order chi connectivity index (χ0) is 28.1. The first-order valence-corrected chi connectivity index (χ1v) is 14.1. The molecule has 12 nitrogen and oxygen atoms in total. The summed E-state index contributed by atoms with van der Waals surface area (Å²) in [7, 11) is 0. The predicted octanol–water partition coefficient (Wildman–Crippen LogP) is 2.18. The summed E-state index contributed by atoms with van der Waals surface area (Å²) >= 11 is 2.03. The van der Waals surface area contributed by atoms with Crippen molar-refractivity contribution in [3.63, 3.8) is 0 Å². The number of amides is 3. The third-order valence-electron chi connectivity index (χ3n) is 7.28. The maximum Gasteiger partial charge on any atom is 0.308 e. The molecule has 0 spiro atoms. The van der Waals surface area contributed by atoms with Gasteiger partial charge >= 0.3 is 4.87 Å². The highest BCUT2D eigenvalue weighted by Crippen LogP contribution is 2.54. The summed E-state index contributed by atoms with van der Waals surface area (Å²) in [6, 6.07) is 11.4. The highest BCUT2D eigenvalue weighted by molar-refractivity contribution is 8.00. The number of aromatic hydroxyl groups is 1. The molecular formula is C26H22N4O8S2. The van der Waals surface area contributed by atoms with Gasteiger partial charge in [0.25, 0.3) is 5.69 Å². The number of hydrogen-bond acceptors (Lipinski definition) is 10. The zero-order valence-corrected chi connectivity index (χ0v) is 22.4. The summed E-state index contributed by atoms with van der Waals surface area (Å²) in [5, 5.41) is 20.5.